The van der Waals surface area contributed by atoms with Crippen molar-refractivity contribution in [3.8, 4) is 0 Å². The third kappa shape index (κ3) is 3.85. The average Bonchev–Trinajstić information content (AvgIpc) is 2.79. The number of anilines is 1. The molecule has 0 amide bonds. The van der Waals surface area contributed by atoms with Gasteiger partial charge < -0.3 is 0 Å². The number of nitrogens with one attached hydrogen (secondary N) is 1. The fraction of sp³-hybridized carbons (Fsp3) is 0.130. The highest BCUT2D eigenvalue weighted by molar-refractivity contribution is 7.92. The van der Waals surface area contributed by atoms with Crippen LogP contribution in [0.5, 0.6) is 0 Å². The zero-order valence-corrected chi connectivity index (χ0v) is 16.3. The molecule has 0 atom stereocenters. The number of halogens is 1. The summed E-state index contributed by atoms with van der Waals surface area (Å²) in [5.74, 6) is -0.191. The predicted molar refractivity (Wildman–Crippen MR) is 112 cm³/mol. The van der Waals surface area contributed by atoms with Crippen molar-refractivity contribution in [2.75, 3.05) is 11.0 Å². The van der Waals surface area contributed by atoms with Crippen LogP contribution in [0, 0.1) is 5.82 Å². The van der Waals surface area contributed by atoms with Crippen molar-refractivity contribution >= 4 is 27.4 Å². The second-order valence-corrected chi connectivity index (χ2v) is 8.73. The van der Waals surface area contributed by atoms with E-state index in [0.29, 0.717) is 12.1 Å². The third-order valence-electron chi connectivity index (χ3n) is 4.86. The van der Waals surface area contributed by atoms with Crippen LogP contribution in [0.25, 0.3) is 11.6 Å². The minimum atomic E-state index is -3.36. The summed E-state index contributed by atoms with van der Waals surface area (Å²) in [6.45, 7) is 0. The van der Waals surface area contributed by atoms with Crippen LogP contribution in [0.1, 0.15) is 27.8 Å². The molecule has 0 unspecified atom stereocenters. The van der Waals surface area contributed by atoms with E-state index >= 15 is 0 Å². The van der Waals surface area contributed by atoms with Crippen molar-refractivity contribution in [2.45, 2.75) is 12.8 Å². The zero-order valence-electron chi connectivity index (χ0n) is 15.4. The topological polar surface area (TPSA) is 46.2 Å². The van der Waals surface area contributed by atoms with Gasteiger partial charge in [0, 0.05) is 5.69 Å². The van der Waals surface area contributed by atoms with Gasteiger partial charge in [-0.05, 0) is 70.5 Å². The monoisotopic (exact) mass is 393 g/mol. The first-order valence-corrected chi connectivity index (χ1v) is 11.0. The molecule has 1 aliphatic carbocycles. The number of hydrogen-bond acceptors (Lipinski definition) is 2. The molecule has 0 spiro atoms. The van der Waals surface area contributed by atoms with Gasteiger partial charge in [0.1, 0.15) is 5.82 Å². The van der Waals surface area contributed by atoms with Gasteiger partial charge in [0.05, 0.1) is 6.26 Å². The third-order valence-corrected chi connectivity index (χ3v) is 5.47. The molecule has 0 fully saturated rings. The Bertz CT molecular complexity index is 1180. The van der Waals surface area contributed by atoms with Gasteiger partial charge in [-0.3, -0.25) is 4.72 Å². The van der Waals surface area contributed by atoms with E-state index in [0.717, 1.165) is 40.5 Å². The fourth-order valence-electron chi connectivity index (χ4n) is 3.70. The van der Waals surface area contributed by atoms with E-state index in [-0.39, 0.29) is 5.82 Å². The molecule has 3 nitrogen and oxygen atoms in total. The number of rotatable bonds is 3. The Morgan fingerprint density at radius 3 is 2.50 bits per heavy atom. The van der Waals surface area contributed by atoms with Crippen LogP contribution in [0.3, 0.4) is 0 Å². The first-order chi connectivity index (χ1) is 13.4. The van der Waals surface area contributed by atoms with Gasteiger partial charge in [0.2, 0.25) is 10.0 Å². The molecule has 0 aliphatic heterocycles. The minimum Gasteiger partial charge on any atom is -0.284 e. The molecule has 0 saturated carbocycles. The van der Waals surface area contributed by atoms with Crippen molar-refractivity contribution in [1.29, 1.82) is 0 Å². The lowest BCUT2D eigenvalue weighted by Crippen LogP contribution is -2.09. The molecule has 28 heavy (non-hydrogen) atoms. The molecule has 4 rings (SSSR count). The van der Waals surface area contributed by atoms with E-state index in [1.54, 1.807) is 24.3 Å². The maximum atomic E-state index is 14.5. The fourth-order valence-corrected chi connectivity index (χ4v) is 4.25. The summed E-state index contributed by atoms with van der Waals surface area (Å²) < 4.78 is 40.1. The molecule has 0 radical (unpaired) electrons. The number of aryl methyl sites for hydroxylation is 1. The van der Waals surface area contributed by atoms with Gasteiger partial charge in [-0.2, -0.15) is 0 Å². The van der Waals surface area contributed by atoms with Gasteiger partial charge in [0.15, 0.2) is 0 Å². The van der Waals surface area contributed by atoms with E-state index in [1.165, 1.54) is 11.6 Å². The second-order valence-electron chi connectivity index (χ2n) is 6.98. The van der Waals surface area contributed by atoms with E-state index in [1.807, 2.05) is 30.3 Å². The summed E-state index contributed by atoms with van der Waals surface area (Å²) in [4.78, 5) is 0. The lowest BCUT2D eigenvalue weighted by Gasteiger charge is -2.13. The number of hydrogen-bond donors (Lipinski definition) is 1. The average molecular weight is 393 g/mol. The van der Waals surface area contributed by atoms with E-state index in [2.05, 4.69) is 16.9 Å². The van der Waals surface area contributed by atoms with Crippen LogP contribution in [0.2, 0.25) is 0 Å². The van der Waals surface area contributed by atoms with E-state index in [4.69, 9.17) is 0 Å². The second kappa shape index (κ2) is 7.24. The molecule has 0 saturated heterocycles. The molecule has 5 heteroatoms. The van der Waals surface area contributed by atoms with Crippen LogP contribution in [0.15, 0.2) is 66.7 Å². The summed E-state index contributed by atoms with van der Waals surface area (Å²) in [6.07, 6.45) is 4.54. The number of sulfonamides is 1. The van der Waals surface area contributed by atoms with Crippen molar-refractivity contribution in [3.63, 3.8) is 0 Å². The largest absolute Gasteiger partial charge is 0.284 e. The van der Waals surface area contributed by atoms with Gasteiger partial charge in [-0.25, -0.2) is 12.8 Å². The van der Waals surface area contributed by atoms with Crippen LogP contribution in [-0.2, 0) is 22.9 Å². The zero-order chi connectivity index (χ0) is 19.7. The maximum Gasteiger partial charge on any atom is 0.229 e. The predicted octanol–water partition coefficient (Wildman–Crippen LogP) is 4.88. The highest BCUT2D eigenvalue weighted by atomic mass is 32.2. The molecular weight excluding hydrogens is 373 g/mol. The first kappa shape index (κ1) is 18.4. The van der Waals surface area contributed by atoms with Crippen LogP contribution >= 0.6 is 0 Å². The normalized spacial score (nSPS) is 14.9. The quantitative estimate of drug-likeness (QED) is 0.689. The Hall–Kier alpha value is -2.92. The standard InChI is InChI=1S/C23H20FNO2S/c1-28(26,27)25-18-8-4-6-16(14-18)15-22-19-9-3-2-7-17(19)12-13-21-20(22)10-5-11-23(21)24/h2-11,14-15,25H,12-13H2,1H3. The smallest absolute Gasteiger partial charge is 0.229 e. The number of fused-ring (bicyclic) bond motifs is 2. The molecule has 0 aromatic heterocycles. The van der Waals surface area contributed by atoms with Crippen molar-refractivity contribution in [2.24, 2.45) is 0 Å². The first-order valence-electron chi connectivity index (χ1n) is 9.06. The van der Waals surface area contributed by atoms with E-state index in [9.17, 15) is 12.8 Å². The molecule has 3 aromatic carbocycles. The van der Waals surface area contributed by atoms with Crippen molar-refractivity contribution in [1.82, 2.24) is 0 Å². The van der Waals surface area contributed by atoms with Gasteiger partial charge in [-0.1, -0.05) is 48.5 Å². The lowest BCUT2D eigenvalue weighted by molar-refractivity contribution is 0.606. The molecule has 0 bridgehead atoms. The molecular formula is C23H20FNO2S. The Kier molecular flexibility index (Phi) is 4.77. The highest BCUT2D eigenvalue weighted by Gasteiger charge is 2.20. The van der Waals surface area contributed by atoms with Crippen LogP contribution < -0.4 is 4.72 Å². The summed E-state index contributed by atoms with van der Waals surface area (Å²) in [5, 5.41) is 0. The van der Waals surface area contributed by atoms with Crippen LogP contribution in [0.4, 0.5) is 10.1 Å². The van der Waals surface area contributed by atoms with Gasteiger partial charge >= 0.3 is 0 Å². The Balaban J connectivity index is 1.89. The minimum absolute atomic E-state index is 0.191. The Labute approximate surface area is 164 Å². The lowest BCUT2D eigenvalue weighted by atomic mass is 9.92. The highest BCUT2D eigenvalue weighted by Crippen LogP contribution is 2.36. The Morgan fingerprint density at radius 1 is 0.929 bits per heavy atom. The summed E-state index contributed by atoms with van der Waals surface area (Å²) in [6, 6.07) is 20.5. The van der Waals surface area contributed by atoms with E-state index < -0.39 is 10.0 Å². The van der Waals surface area contributed by atoms with Gasteiger partial charge in [-0.15, -0.1) is 0 Å². The summed E-state index contributed by atoms with van der Waals surface area (Å²) in [7, 11) is -3.36. The summed E-state index contributed by atoms with van der Waals surface area (Å²) in [5.41, 5.74) is 6.14. The maximum absolute atomic E-state index is 14.5. The molecule has 1 aliphatic rings. The Morgan fingerprint density at radius 2 is 1.68 bits per heavy atom. The molecule has 0 heterocycles. The van der Waals surface area contributed by atoms with Crippen molar-refractivity contribution in [3.05, 3.63) is 100 Å². The van der Waals surface area contributed by atoms with Crippen LogP contribution in [-0.4, -0.2) is 14.7 Å². The summed E-state index contributed by atoms with van der Waals surface area (Å²) >= 11 is 0. The molecule has 3 aromatic rings. The van der Waals surface area contributed by atoms with Crippen molar-refractivity contribution < 1.29 is 12.8 Å². The SMILES string of the molecule is CS(=O)(=O)Nc1cccc(C=C2c3ccccc3CCc3c(F)cccc32)c1. The number of benzene rings is 3. The molecule has 1 N–H and O–H groups in total. The molecule has 142 valence electrons. The van der Waals surface area contributed by atoms with Gasteiger partial charge in [0.25, 0.3) is 0 Å².